The molecule has 0 atom stereocenters. The van der Waals surface area contributed by atoms with E-state index in [1.54, 1.807) is 21.7 Å². The highest BCUT2D eigenvalue weighted by molar-refractivity contribution is 6.30. The lowest BCUT2D eigenvalue weighted by Crippen LogP contribution is -2.42. The van der Waals surface area contributed by atoms with Crippen LogP contribution in [0.2, 0.25) is 5.02 Å². The second-order valence-corrected chi connectivity index (χ2v) is 9.60. The molecule has 4 rings (SSSR count). The number of unbranched alkanes of at least 4 members (excludes halogenated alkanes) is 1. The van der Waals surface area contributed by atoms with Gasteiger partial charge in [-0.25, -0.2) is 4.68 Å². The molecule has 0 unspecified atom stereocenters. The molecule has 0 bridgehead atoms. The number of rotatable bonds is 9. The van der Waals surface area contributed by atoms with Gasteiger partial charge in [0.05, 0.1) is 17.9 Å². The fourth-order valence-electron chi connectivity index (χ4n) is 4.58. The topological polar surface area (TPSA) is 67.2 Å². The number of halogens is 1. The van der Waals surface area contributed by atoms with Crippen molar-refractivity contribution in [1.29, 1.82) is 0 Å². The molecule has 184 valence electrons. The number of nitrogens with one attached hydrogen (secondary N) is 1. The Labute approximate surface area is 212 Å². The van der Waals surface area contributed by atoms with Gasteiger partial charge in [0.2, 0.25) is 11.8 Å². The third kappa shape index (κ3) is 6.51. The van der Waals surface area contributed by atoms with E-state index in [2.05, 4.69) is 12.2 Å². The number of benzene rings is 2. The number of nitrogens with zero attached hydrogens (tertiary/aromatic N) is 3. The number of hydrogen-bond acceptors (Lipinski definition) is 3. The first-order valence-corrected chi connectivity index (χ1v) is 12.9. The van der Waals surface area contributed by atoms with Gasteiger partial charge >= 0.3 is 0 Å². The Morgan fingerprint density at radius 2 is 1.77 bits per heavy atom. The van der Waals surface area contributed by atoms with Gasteiger partial charge in [-0.1, -0.05) is 74.5 Å². The number of aromatic nitrogens is 2. The number of amides is 2. The smallest absolute Gasteiger partial charge is 0.245 e. The van der Waals surface area contributed by atoms with Crippen LogP contribution >= 0.6 is 11.6 Å². The first kappa shape index (κ1) is 25.0. The summed E-state index contributed by atoms with van der Waals surface area (Å²) in [7, 11) is 0. The van der Waals surface area contributed by atoms with Crippen LogP contribution in [-0.2, 0) is 9.59 Å². The molecule has 35 heavy (non-hydrogen) atoms. The van der Waals surface area contributed by atoms with Crippen molar-refractivity contribution < 1.29 is 9.59 Å². The van der Waals surface area contributed by atoms with Crippen LogP contribution in [0, 0.1) is 5.92 Å². The van der Waals surface area contributed by atoms with E-state index in [1.165, 1.54) is 6.42 Å². The SMILES string of the molecule is CCCCN(CC(=O)Nc1cc(-c2ccccc2)nn1-c1ccc(Cl)cc1)C(=O)C1CCCCC1. The molecule has 1 fully saturated rings. The van der Waals surface area contributed by atoms with E-state index in [4.69, 9.17) is 16.7 Å². The van der Waals surface area contributed by atoms with Gasteiger partial charge in [0.25, 0.3) is 0 Å². The summed E-state index contributed by atoms with van der Waals surface area (Å²) in [5.74, 6) is 0.485. The van der Waals surface area contributed by atoms with Crippen LogP contribution in [0.1, 0.15) is 51.9 Å². The lowest BCUT2D eigenvalue weighted by atomic mass is 9.88. The molecule has 0 spiro atoms. The van der Waals surface area contributed by atoms with Crippen LogP contribution in [0.25, 0.3) is 16.9 Å². The van der Waals surface area contributed by atoms with Gasteiger partial charge in [0.15, 0.2) is 0 Å². The normalized spacial score (nSPS) is 14.0. The van der Waals surface area contributed by atoms with Crippen LogP contribution in [0.15, 0.2) is 60.7 Å². The molecular formula is C28H33ClN4O2. The molecule has 0 radical (unpaired) electrons. The first-order valence-electron chi connectivity index (χ1n) is 12.5. The standard InChI is InChI=1S/C28H33ClN4O2/c1-2-3-18-32(28(35)22-12-8-5-9-13-22)20-27(34)30-26-19-25(21-10-6-4-7-11-21)31-33(26)24-16-14-23(29)15-17-24/h4,6-7,10-11,14-17,19,22H,2-3,5,8-9,12-13,18,20H2,1H3,(H,30,34). The highest BCUT2D eigenvalue weighted by atomic mass is 35.5. The van der Waals surface area contributed by atoms with Crippen LogP contribution in [-0.4, -0.2) is 39.6 Å². The summed E-state index contributed by atoms with van der Waals surface area (Å²) in [6.45, 7) is 2.74. The molecule has 0 aliphatic heterocycles. The van der Waals surface area contributed by atoms with Gasteiger partial charge in [-0.15, -0.1) is 0 Å². The second-order valence-electron chi connectivity index (χ2n) is 9.17. The minimum Gasteiger partial charge on any atom is -0.333 e. The van der Waals surface area contributed by atoms with Crippen molar-refractivity contribution in [3.05, 3.63) is 65.7 Å². The molecule has 1 aliphatic rings. The molecule has 1 N–H and O–H groups in total. The van der Waals surface area contributed by atoms with E-state index in [0.717, 1.165) is 55.5 Å². The summed E-state index contributed by atoms with van der Waals surface area (Å²) in [4.78, 5) is 28.2. The molecule has 1 aliphatic carbocycles. The second kappa shape index (κ2) is 12.0. The monoisotopic (exact) mass is 492 g/mol. The number of carbonyl (C=O) groups is 2. The minimum absolute atomic E-state index is 0.0395. The highest BCUT2D eigenvalue weighted by Crippen LogP contribution is 2.27. The quantitative estimate of drug-likeness (QED) is 0.379. The maximum absolute atomic E-state index is 13.2. The van der Waals surface area contributed by atoms with Gasteiger partial charge in [-0.05, 0) is 43.5 Å². The zero-order valence-electron chi connectivity index (χ0n) is 20.3. The summed E-state index contributed by atoms with van der Waals surface area (Å²) >= 11 is 6.08. The molecule has 1 heterocycles. The van der Waals surface area contributed by atoms with Crippen molar-refractivity contribution >= 4 is 29.2 Å². The van der Waals surface area contributed by atoms with E-state index in [1.807, 2.05) is 48.5 Å². The molecule has 6 nitrogen and oxygen atoms in total. The third-order valence-electron chi connectivity index (χ3n) is 6.50. The van der Waals surface area contributed by atoms with E-state index in [9.17, 15) is 9.59 Å². The van der Waals surface area contributed by atoms with E-state index in [-0.39, 0.29) is 24.3 Å². The number of carbonyl (C=O) groups excluding carboxylic acids is 2. The Morgan fingerprint density at radius 3 is 2.46 bits per heavy atom. The molecule has 2 amide bonds. The molecule has 1 aromatic heterocycles. The van der Waals surface area contributed by atoms with Gasteiger partial charge in [0.1, 0.15) is 5.82 Å². The Morgan fingerprint density at radius 1 is 1.06 bits per heavy atom. The molecular weight excluding hydrogens is 460 g/mol. The Kier molecular flexibility index (Phi) is 8.59. The van der Waals surface area contributed by atoms with Crippen LogP contribution < -0.4 is 5.32 Å². The van der Waals surface area contributed by atoms with Gasteiger partial charge in [-0.2, -0.15) is 5.10 Å². The molecule has 0 saturated heterocycles. The van der Waals surface area contributed by atoms with Crippen LogP contribution in [0.5, 0.6) is 0 Å². The Bertz CT molecular complexity index is 1120. The zero-order chi connectivity index (χ0) is 24.6. The van der Waals surface area contributed by atoms with Crippen molar-refractivity contribution in [2.75, 3.05) is 18.4 Å². The average Bonchev–Trinajstić information content (AvgIpc) is 3.31. The molecule has 1 saturated carbocycles. The van der Waals surface area contributed by atoms with Crippen molar-refractivity contribution in [2.45, 2.75) is 51.9 Å². The lowest BCUT2D eigenvalue weighted by Gasteiger charge is -2.29. The Balaban J connectivity index is 1.56. The predicted molar refractivity (Wildman–Crippen MR) is 141 cm³/mol. The third-order valence-corrected chi connectivity index (χ3v) is 6.75. The van der Waals surface area contributed by atoms with Gasteiger partial charge in [0, 0.05) is 29.1 Å². The van der Waals surface area contributed by atoms with Crippen molar-refractivity contribution in [3.8, 4) is 16.9 Å². The van der Waals surface area contributed by atoms with Crippen LogP contribution in [0.4, 0.5) is 5.82 Å². The fraction of sp³-hybridized carbons (Fsp3) is 0.393. The van der Waals surface area contributed by atoms with Gasteiger partial charge in [-0.3, -0.25) is 9.59 Å². The molecule has 7 heteroatoms. The van der Waals surface area contributed by atoms with E-state index in [0.29, 0.717) is 17.4 Å². The average molecular weight is 493 g/mol. The number of anilines is 1. The van der Waals surface area contributed by atoms with Gasteiger partial charge < -0.3 is 10.2 Å². The molecule has 3 aromatic rings. The van der Waals surface area contributed by atoms with E-state index < -0.39 is 0 Å². The van der Waals surface area contributed by atoms with E-state index >= 15 is 0 Å². The lowest BCUT2D eigenvalue weighted by molar-refractivity contribution is -0.139. The summed E-state index contributed by atoms with van der Waals surface area (Å²) in [5, 5.41) is 8.39. The fourth-order valence-corrected chi connectivity index (χ4v) is 4.70. The van der Waals surface area contributed by atoms with Crippen molar-refractivity contribution in [1.82, 2.24) is 14.7 Å². The summed E-state index contributed by atoms with van der Waals surface area (Å²) in [6, 6.07) is 19.0. The zero-order valence-corrected chi connectivity index (χ0v) is 21.0. The maximum atomic E-state index is 13.2. The highest BCUT2D eigenvalue weighted by Gasteiger charge is 2.27. The maximum Gasteiger partial charge on any atom is 0.245 e. The first-order chi connectivity index (χ1) is 17.0. The largest absolute Gasteiger partial charge is 0.333 e. The summed E-state index contributed by atoms with van der Waals surface area (Å²) < 4.78 is 1.70. The predicted octanol–water partition coefficient (Wildman–Crippen LogP) is 6.34. The number of hydrogen-bond donors (Lipinski definition) is 1. The van der Waals surface area contributed by atoms with Crippen molar-refractivity contribution in [3.63, 3.8) is 0 Å². The summed E-state index contributed by atoms with van der Waals surface area (Å²) in [5.41, 5.74) is 2.48. The Hall–Kier alpha value is -3.12. The minimum atomic E-state index is -0.222. The van der Waals surface area contributed by atoms with Crippen LogP contribution in [0.3, 0.4) is 0 Å². The summed E-state index contributed by atoms with van der Waals surface area (Å²) in [6.07, 6.45) is 7.07. The molecule has 2 aromatic carbocycles. The van der Waals surface area contributed by atoms with Crippen molar-refractivity contribution in [2.24, 2.45) is 5.92 Å².